The minimum Gasteiger partial charge on any atom is -0.360 e. The van der Waals surface area contributed by atoms with Gasteiger partial charge < -0.3 is 4.65 Å². The van der Waals surface area contributed by atoms with Crippen molar-refractivity contribution in [3.63, 3.8) is 0 Å². The van der Waals surface area contributed by atoms with Crippen LogP contribution in [0.4, 0.5) is 0 Å². The number of hydrogen-bond donors (Lipinski definition) is 0. The highest BCUT2D eigenvalue weighted by molar-refractivity contribution is 6.65. The van der Waals surface area contributed by atoms with Crippen LogP contribution in [-0.4, -0.2) is 29.4 Å². The van der Waals surface area contributed by atoms with Gasteiger partial charge in [0.25, 0.3) is 0 Å². The molecule has 0 N–H and O–H groups in total. The molecule has 3 aliphatic rings. The zero-order chi connectivity index (χ0) is 11.4. The molecule has 2 fully saturated rings. The standard InChI is InChI=1S/C14H17BNO/c1-10-11-6-2-3-7-12(11)15-16(10)13-8-4-5-9-14(13)17-15/h2-3,6-7,13-14H,4-5,8-9H2,1H3/q+1/t13?,14-/m1/s1. The van der Waals surface area contributed by atoms with Crippen LogP contribution < -0.4 is 5.46 Å². The van der Waals surface area contributed by atoms with E-state index >= 15 is 0 Å². The van der Waals surface area contributed by atoms with Gasteiger partial charge in [-0.25, -0.2) is 0 Å². The Morgan fingerprint density at radius 3 is 3.00 bits per heavy atom. The normalized spacial score (nSPS) is 30.3. The van der Waals surface area contributed by atoms with Gasteiger partial charge in [0.15, 0.2) is 11.8 Å². The molecule has 3 heteroatoms. The summed E-state index contributed by atoms with van der Waals surface area (Å²) in [5, 5.41) is 0. The summed E-state index contributed by atoms with van der Waals surface area (Å²) < 4.78 is 8.83. The maximum atomic E-state index is 6.29. The Bertz CT molecular complexity index is 511. The third-order valence-corrected chi connectivity index (χ3v) is 4.59. The van der Waals surface area contributed by atoms with Gasteiger partial charge in [0.1, 0.15) is 6.10 Å². The molecule has 17 heavy (non-hydrogen) atoms. The first kappa shape index (κ1) is 9.90. The second-order valence-corrected chi connectivity index (χ2v) is 5.46. The third kappa shape index (κ3) is 1.23. The third-order valence-electron chi connectivity index (χ3n) is 4.59. The van der Waals surface area contributed by atoms with E-state index in [0.29, 0.717) is 12.1 Å². The summed E-state index contributed by atoms with van der Waals surface area (Å²) in [7, 11) is 0.208. The van der Waals surface area contributed by atoms with Crippen molar-refractivity contribution >= 4 is 18.2 Å². The first-order valence-corrected chi connectivity index (χ1v) is 6.73. The summed E-state index contributed by atoms with van der Waals surface area (Å²) in [6.07, 6.45) is 5.71. The van der Waals surface area contributed by atoms with Crippen LogP contribution in [-0.2, 0) is 4.65 Å². The lowest BCUT2D eigenvalue weighted by molar-refractivity contribution is -0.427. The van der Waals surface area contributed by atoms with Gasteiger partial charge in [-0.15, -0.1) is 0 Å². The number of hydrogen-bond acceptors (Lipinski definition) is 1. The van der Waals surface area contributed by atoms with Crippen LogP contribution in [0.3, 0.4) is 0 Å². The lowest BCUT2D eigenvalue weighted by atomic mass is 9.74. The lowest BCUT2D eigenvalue weighted by Crippen LogP contribution is -2.38. The Labute approximate surface area is 102 Å². The highest BCUT2D eigenvalue weighted by atomic mass is 16.5. The summed E-state index contributed by atoms with van der Waals surface area (Å²) >= 11 is 0. The van der Waals surface area contributed by atoms with Gasteiger partial charge in [-0.2, -0.15) is 0 Å². The Morgan fingerprint density at radius 1 is 1.24 bits per heavy atom. The van der Waals surface area contributed by atoms with E-state index in [1.165, 1.54) is 42.4 Å². The van der Waals surface area contributed by atoms with Gasteiger partial charge in [-0.1, -0.05) is 24.6 Å². The minimum absolute atomic E-state index is 0.208. The van der Waals surface area contributed by atoms with Crippen molar-refractivity contribution in [2.24, 2.45) is 0 Å². The Hall–Kier alpha value is -1.09. The van der Waals surface area contributed by atoms with Gasteiger partial charge in [0.2, 0.25) is 0 Å². The maximum absolute atomic E-state index is 6.29. The summed E-state index contributed by atoms with van der Waals surface area (Å²) in [5.74, 6) is 0. The molecule has 0 bridgehead atoms. The first-order valence-electron chi connectivity index (χ1n) is 6.73. The molecular weight excluding hydrogens is 209 g/mol. The van der Waals surface area contributed by atoms with Crippen molar-refractivity contribution in [1.82, 2.24) is 0 Å². The molecule has 86 valence electrons. The molecule has 0 aromatic heterocycles. The number of nitrogens with zero attached hydrogens (tertiary/aromatic N) is 1. The maximum Gasteiger partial charge on any atom is 0.693 e. The summed E-state index contributed by atoms with van der Waals surface area (Å²) in [5.41, 5.74) is 4.18. The monoisotopic (exact) mass is 226 g/mol. The van der Waals surface area contributed by atoms with E-state index in [9.17, 15) is 0 Å². The molecular formula is C14H17BNO+. The van der Waals surface area contributed by atoms with Crippen LogP contribution in [0.5, 0.6) is 0 Å². The van der Waals surface area contributed by atoms with E-state index in [-0.39, 0.29) is 7.05 Å². The average molecular weight is 226 g/mol. The van der Waals surface area contributed by atoms with Crippen molar-refractivity contribution in [3.05, 3.63) is 29.8 Å². The fraction of sp³-hybridized carbons (Fsp3) is 0.500. The van der Waals surface area contributed by atoms with E-state index < -0.39 is 0 Å². The predicted molar refractivity (Wildman–Crippen MR) is 69.0 cm³/mol. The highest BCUT2D eigenvalue weighted by Crippen LogP contribution is 2.32. The quantitative estimate of drug-likeness (QED) is 0.611. The van der Waals surface area contributed by atoms with E-state index in [0.717, 1.165) is 0 Å². The number of fused-ring (bicyclic) bond motifs is 5. The molecule has 0 radical (unpaired) electrons. The SMILES string of the molecule is CC1=[N+]2B(O[C@@H]3CCCCC32)c2ccccc21. The first-order chi connectivity index (χ1) is 8.36. The van der Waals surface area contributed by atoms with Crippen molar-refractivity contribution in [3.8, 4) is 0 Å². The molecule has 1 saturated heterocycles. The zero-order valence-electron chi connectivity index (χ0n) is 10.2. The molecule has 2 aliphatic heterocycles. The van der Waals surface area contributed by atoms with Crippen LogP contribution in [0.1, 0.15) is 38.2 Å². The van der Waals surface area contributed by atoms with E-state index in [4.69, 9.17) is 4.65 Å². The largest absolute Gasteiger partial charge is 0.693 e. The van der Waals surface area contributed by atoms with Crippen LogP contribution in [0.2, 0.25) is 0 Å². The Balaban J connectivity index is 1.84. The van der Waals surface area contributed by atoms with E-state index in [2.05, 4.69) is 35.7 Å². The van der Waals surface area contributed by atoms with Crippen LogP contribution >= 0.6 is 0 Å². The summed E-state index contributed by atoms with van der Waals surface area (Å²) in [6, 6.07) is 9.33. The Kier molecular flexibility index (Phi) is 2.01. The average Bonchev–Trinajstić information content (AvgIpc) is 2.88. The van der Waals surface area contributed by atoms with Gasteiger partial charge in [0, 0.05) is 24.4 Å². The summed E-state index contributed by atoms with van der Waals surface area (Å²) in [4.78, 5) is 0. The molecule has 1 aliphatic carbocycles. The molecule has 2 atom stereocenters. The molecule has 1 saturated carbocycles. The van der Waals surface area contributed by atoms with Gasteiger partial charge in [-0.3, -0.25) is 4.49 Å². The molecule has 2 heterocycles. The van der Waals surface area contributed by atoms with Gasteiger partial charge in [-0.05, 0) is 18.9 Å². The molecule has 4 rings (SSSR count). The minimum atomic E-state index is 0.208. The van der Waals surface area contributed by atoms with Gasteiger partial charge >= 0.3 is 7.05 Å². The molecule has 0 spiro atoms. The van der Waals surface area contributed by atoms with E-state index in [1.54, 1.807) is 0 Å². The van der Waals surface area contributed by atoms with Crippen molar-refractivity contribution < 1.29 is 9.14 Å². The predicted octanol–water partition coefficient (Wildman–Crippen LogP) is 1.56. The fourth-order valence-corrected chi connectivity index (χ4v) is 3.79. The zero-order valence-corrected chi connectivity index (χ0v) is 10.2. The molecule has 1 aromatic rings. The van der Waals surface area contributed by atoms with Crippen molar-refractivity contribution in [2.75, 3.05) is 0 Å². The number of rotatable bonds is 0. The fourth-order valence-electron chi connectivity index (χ4n) is 3.79. The Morgan fingerprint density at radius 2 is 2.06 bits per heavy atom. The lowest BCUT2D eigenvalue weighted by Gasteiger charge is -2.21. The van der Waals surface area contributed by atoms with Crippen LogP contribution in [0.15, 0.2) is 24.3 Å². The van der Waals surface area contributed by atoms with Crippen LogP contribution in [0, 0.1) is 0 Å². The molecule has 1 unspecified atom stereocenters. The smallest absolute Gasteiger partial charge is 0.360 e. The van der Waals surface area contributed by atoms with Crippen molar-refractivity contribution in [1.29, 1.82) is 0 Å². The molecule has 1 aromatic carbocycles. The number of benzene rings is 1. The topological polar surface area (TPSA) is 12.2 Å². The summed E-state index contributed by atoms with van der Waals surface area (Å²) in [6.45, 7) is 2.25. The van der Waals surface area contributed by atoms with Gasteiger partial charge in [0.05, 0.1) is 0 Å². The molecule has 0 amide bonds. The second-order valence-electron chi connectivity index (χ2n) is 5.46. The van der Waals surface area contributed by atoms with Crippen LogP contribution in [0.25, 0.3) is 0 Å². The molecule has 2 nitrogen and oxygen atoms in total. The highest BCUT2D eigenvalue weighted by Gasteiger charge is 2.58. The van der Waals surface area contributed by atoms with Crippen molar-refractivity contribution in [2.45, 2.75) is 44.8 Å². The van der Waals surface area contributed by atoms with E-state index in [1.807, 2.05) is 0 Å². The second kappa shape index (κ2) is 3.45.